The van der Waals surface area contributed by atoms with Crippen molar-refractivity contribution in [2.45, 2.75) is 62.6 Å². The molecule has 0 radical (unpaired) electrons. The summed E-state index contributed by atoms with van der Waals surface area (Å²) >= 11 is 0. The Hall–Kier alpha value is -5.16. The molecule has 61 heavy (non-hydrogen) atoms. The molecule has 0 bridgehead atoms. The van der Waals surface area contributed by atoms with Gasteiger partial charge in [0, 0.05) is 106 Å². The molecule has 0 saturated carbocycles. The fraction of sp³-hybridized carbons (Fsp3) is 0.385. The number of nitrogens with one attached hydrogen (secondary N) is 4. The fourth-order valence-electron chi connectivity index (χ4n) is 10.4. The molecular weight excluding hydrogens is 757 g/mol. The summed E-state index contributed by atoms with van der Waals surface area (Å²) in [7, 11) is 0. The Kier molecular flexibility index (Phi) is 12.3. The third kappa shape index (κ3) is 8.94. The molecule has 2 atom stereocenters. The van der Waals surface area contributed by atoms with Gasteiger partial charge in [-0.15, -0.1) is 0 Å². The predicted molar refractivity (Wildman–Crippen MR) is 248 cm³/mol. The van der Waals surface area contributed by atoms with E-state index in [1.165, 1.54) is 65.9 Å². The van der Waals surface area contributed by atoms with Gasteiger partial charge in [-0.05, 0) is 85.3 Å². The number of aromatic amines is 4. The van der Waals surface area contributed by atoms with Crippen LogP contribution >= 0.6 is 0 Å². The van der Waals surface area contributed by atoms with Crippen LogP contribution < -0.4 is 0 Å². The number of nitrogens with zero attached hydrogens (tertiary/aromatic N) is 2. The van der Waals surface area contributed by atoms with Gasteiger partial charge in [0.2, 0.25) is 0 Å². The van der Waals surface area contributed by atoms with Crippen LogP contribution in [0.3, 0.4) is 0 Å². The lowest BCUT2D eigenvalue weighted by atomic mass is 9.86. The van der Waals surface area contributed by atoms with Crippen LogP contribution in [0.4, 0.5) is 0 Å². The van der Waals surface area contributed by atoms with Gasteiger partial charge in [0.15, 0.2) is 0 Å². The third-order valence-corrected chi connectivity index (χ3v) is 13.5. The van der Waals surface area contributed by atoms with Crippen LogP contribution in [0.2, 0.25) is 0 Å². The first-order chi connectivity index (χ1) is 30.2. The number of aromatic nitrogens is 4. The van der Waals surface area contributed by atoms with Crippen molar-refractivity contribution in [2.24, 2.45) is 0 Å². The standard InChI is InChI=1S/C52H60N6O3/c1-5-19-49-41(15-1)45(29-53-49)39(46-30-54-50-20-6-2-16-42(46)50)13-9-11-23-57-25-27-60-37(33-57)35-59-36-38-34-58(26-28-61-38)24-12-10-14-40(47-31-55-51-21-7-3-17-43(47)51)48-32-56-52-22-8-4-18-44(48)52/h1-8,15-22,29-32,37-40,53-56H,9-14,23-28,33-36H2. The molecule has 2 fully saturated rings. The Morgan fingerprint density at radius 1 is 0.475 bits per heavy atom. The maximum Gasteiger partial charge on any atom is 0.0935 e. The van der Waals surface area contributed by atoms with Crippen molar-refractivity contribution in [3.05, 3.63) is 144 Å². The average Bonchev–Trinajstić information content (AvgIpc) is 4.13. The molecule has 4 aromatic heterocycles. The molecule has 4 aromatic carbocycles. The zero-order valence-corrected chi connectivity index (χ0v) is 35.3. The van der Waals surface area contributed by atoms with Crippen LogP contribution in [-0.2, 0) is 14.2 Å². The lowest BCUT2D eigenvalue weighted by Gasteiger charge is -2.35. The van der Waals surface area contributed by atoms with E-state index < -0.39 is 0 Å². The molecule has 2 aliphatic rings. The van der Waals surface area contributed by atoms with Crippen LogP contribution in [-0.4, -0.2) is 108 Å². The van der Waals surface area contributed by atoms with Gasteiger partial charge in [-0.25, -0.2) is 0 Å². The van der Waals surface area contributed by atoms with Gasteiger partial charge in [-0.2, -0.15) is 0 Å². The summed E-state index contributed by atoms with van der Waals surface area (Å²) in [5.74, 6) is 0.658. The largest absolute Gasteiger partial charge is 0.376 e. The van der Waals surface area contributed by atoms with Crippen molar-refractivity contribution in [3.8, 4) is 0 Å². The second kappa shape index (κ2) is 18.8. The minimum atomic E-state index is 0.0980. The number of para-hydroxylation sites is 4. The monoisotopic (exact) mass is 816 g/mol. The van der Waals surface area contributed by atoms with Gasteiger partial charge < -0.3 is 34.1 Å². The van der Waals surface area contributed by atoms with Crippen molar-refractivity contribution in [1.29, 1.82) is 0 Å². The molecule has 2 saturated heterocycles. The number of hydrogen-bond acceptors (Lipinski definition) is 5. The number of rotatable bonds is 18. The molecule has 0 aliphatic carbocycles. The van der Waals surface area contributed by atoms with E-state index in [1.54, 1.807) is 0 Å². The molecular formula is C52H60N6O3. The highest BCUT2D eigenvalue weighted by atomic mass is 16.6. The van der Waals surface area contributed by atoms with Gasteiger partial charge in [-0.1, -0.05) is 85.6 Å². The maximum absolute atomic E-state index is 6.31. The maximum atomic E-state index is 6.31. The normalized spacial score (nSPS) is 18.2. The van der Waals surface area contributed by atoms with Crippen molar-refractivity contribution in [1.82, 2.24) is 29.7 Å². The molecule has 8 aromatic rings. The number of morpholine rings is 2. The summed E-state index contributed by atoms with van der Waals surface area (Å²) in [6, 6.07) is 34.8. The highest BCUT2D eigenvalue weighted by Gasteiger charge is 2.26. The number of ether oxygens (including phenoxy) is 3. The third-order valence-electron chi connectivity index (χ3n) is 13.5. The first kappa shape index (κ1) is 39.9. The number of fused-ring (bicyclic) bond motifs is 4. The molecule has 2 aliphatic heterocycles. The average molecular weight is 817 g/mol. The van der Waals surface area contributed by atoms with Gasteiger partial charge in [0.1, 0.15) is 0 Å². The Morgan fingerprint density at radius 2 is 0.820 bits per heavy atom. The first-order valence-electron chi connectivity index (χ1n) is 22.7. The zero-order valence-electron chi connectivity index (χ0n) is 35.3. The van der Waals surface area contributed by atoms with E-state index >= 15 is 0 Å². The molecule has 316 valence electrons. The fourth-order valence-corrected chi connectivity index (χ4v) is 10.4. The second-order valence-corrected chi connectivity index (χ2v) is 17.4. The number of benzene rings is 4. The molecule has 9 heteroatoms. The molecule has 4 N–H and O–H groups in total. The predicted octanol–water partition coefficient (Wildman–Crippen LogP) is 10.3. The Bertz CT molecular complexity index is 2310. The van der Waals surface area contributed by atoms with Crippen molar-refractivity contribution < 1.29 is 14.2 Å². The summed E-state index contributed by atoms with van der Waals surface area (Å²) < 4.78 is 18.7. The van der Waals surface area contributed by atoms with E-state index in [9.17, 15) is 0 Å². The molecule has 0 amide bonds. The van der Waals surface area contributed by atoms with Gasteiger partial charge in [-0.3, -0.25) is 9.80 Å². The van der Waals surface area contributed by atoms with E-state index in [0.29, 0.717) is 25.0 Å². The summed E-state index contributed by atoms with van der Waals surface area (Å²) in [6.45, 7) is 8.72. The number of H-pyrrole nitrogens is 4. The number of hydrogen-bond donors (Lipinski definition) is 4. The van der Waals surface area contributed by atoms with Crippen LogP contribution in [0.5, 0.6) is 0 Å². The quantitative estimate of drug-likeness (QED) is 0.0647. The summed E-state index contributed by atoms with van der Waals surface area (Å²) in [6.07, 6.45) is 16.0. The highest BCUT2D eigenvalue weighted by molar-refractivity contribution is 5.89. The Balaban J connectivity index is 0.672. The Labute approximate surface area is 358 Å². The zero-order chi connectivity index (χ0) is 40.8. The second-order valence-electron chi connectivity index (χ2n) is 17.4. The van der Waals surface area contributed by atoms with E-state index in [0.717, 1.165) is 91.0 Å². The molecule has 2 unspecified atom stereocenters. The van der Waals surface area contributed by atoms with E-state index in [2.05, 4.69) is 152 Å². The van der Waals surface area contributed by atoms with Crippen molar-refractivity contribution in [2.75, 3.05) is 65.7 Å². The smallest absolute Gasteiger partial charge is 0.0935 e. The number of unbranched alkanes of at least 4 members (excludes halogenated alkanes) is 2. The molecule has 0 spiro atoms. The van der Waals surface area contributed by atoms with Gasteiger partial charge in [0.05, 0.1) is 38.6 Å². The molecule has 6 heterocycles. The first-order valence-corrected chi connectivity index (χ1v) is 22.7. The Morgan fingerprint density at radius 3 is 1.18 bits per heavy atom. The van der Waals surface area contributed by atoms with E-state index in [1.807, 2.05) is 0 Å². The highest BCUT2D eigenvalue weighted by Crippen LogP contribution is 2.39. The topological polar surface area (TPSA) is 97.3 Å². The van der Waals surface area contributed by atoms with Gasteiger partial charge >= 0.3 is 0 Å². The summed E-state index contributed by atoms with van der Waals surface area (Å²) in [5, 5.41) is 5.29. The van der Waals surface area contributed by atoms with Crippen LogP contribution in [0.25, 0.3) is 43.6 Å². The minimum absolute atomic E-state index is 0.0980. The minimum Gasteiger partial charge on any atom is -0.376 e. The van der Waals surface area contributed by atoms with Crippen LogP contribution in [0, 0.1) is 0 Å². The molecule has 10 rings (SSSR count). The lowest BCUT2D eigenvalue weighted by molar-refractivity contribution is -0.103. The van der Waals surface area contributed by atoms with Crippen LogP contribution in [0.15, 0.2) is 122 Å². The van der Waals surface area contributed by atoms with Crippen molar-refractivity contribution >= 4 is 43.6 Å². The van der Waals surface area contributed by atoms with E-state index in [-0.39, 0.29) is 12.2 Å². The lowest BCUT2D eigenvalue weighted by Crippen LogP contribution is -2.47. The summed E-state index contributed by atoms with van der Waals surface area (Å²) in [5.41, 5.74) is 10.4. The van der Waals surface area contributed by atoms with Gasteiger partial charge in [0.25, 0.3) is 0 Å². The van der Waals surface area contributed by atoms with Crippen molar-refractivity contribution in [3.63, 3.8) is 0 Å². The molecule has 9 nitrogen and oxygen atoms in total. The summed E-state index contributed by atoms with van der Waals surface area (Å²) in [4.78, 5) is 19.3. The van der Waals surface area contributed by atoms with Crippen LogP contribution in [0.1, 0.15) is 72.6 Å². The van der Waals surface area contributed by atoms with E-state index in [4.69, 9.17) is 14.2 Å². The SMILES string of the molecule is c1ccc2c(C(CCCCN3CCOC(COCC4CN(CCCCC(c5c[nH]c6ccccc56)c5c[nH]c6ccccc56)CCO4)C3)c3c[nH]c4ccccc34)c[nH]c2c1.